The van der Waals surface area contributed by atoms with Crippen LogP contribution >= 0.6 is 11.8 Å². The highest BCUT2D eigenvalue weighted by atomic mass is 32.2. The molecular weight excluding hydrogens is 292 g/mol. The van der Waals surface area contributed by atoms with E-state index in [4.69, 9.17) is 0 Å². The van der Waals surface area contributed by atoms with Crippen LogP contribution in [0.2, 0.25) is 0 Å². The second-order valence-electron chi connectivity index (χ2n) is 4.02. The summed E-state index contributed by atoms with van der Waals surface area (Å²) in [5, 5.41) is 0.217. The molecule has 0 aliphatic carbocycles. The number of hydrogen-bond donors (Lipinski definition) is 0. The summed E-state index contributed by atoms with van der Waals surface area (Å²) in [7, 11) is 1.23. The lowest BCUT2D eigenvalue weighted by Gasteiger charge is -2.14. The molecule has 0 atom stereocenters. The van der Waals surface area contributed by atoms with Crippen molar-refractivity contribution in [1.29, 1.82) is 0 Å². The average Bonchev–Trinajstić information content (AvgIpc) is 2.75. The van der Waals surface area contributed by atoms with Crippen LogP contribution in [-0.4, -0.2) is 30.1 Å². The third-order valence-corrected chi connectivity index (χ3v) is 3.49. The summed E-state index contributed by atoms with van der Waals surface area (Å²) in [6.45, 7) is 1.29. The number of aliphatic imine (C=N–C) groups is 1. The molecule has 1 aliphatic rings. The van der Waals surface area contributed by atoms with Crippen molar-refractivity contribution in [3.05, 3.63) is 41.3 Å². The Kier molecular flexibility index (Phi) is 4.54. The molecule has 0 radical (unpaired) electrons. The van der Waals surface area contributed by atoms with Gasteiger partial charge in [0, 0.05) is 13.0 Å². The van der Waals surface area contributed by atoms with Crippen molar-refractivity contribution in [1.82, 2.24) is 0 Å². The first-order chi connectivity index (χ1) is 10.0. The summed E-state index contributed by atoms with van der Waals surface area (Å²) < 4.78 is 4.51. The zero-order chi connectivity index (χ0) is 15.4. The maximum absolute atomic E-state index is 12.4. The minimum absolute atomic E-state index is 0.158. The second-order valence-corrected chi connectivity index (χ2v) is 5.03. The number of anilines is 1. The largest absolute Gasteiger partial charge is 0.466 e. The number of thioether (sulfide) groups is 1. The first kappa shape index (κ1) is 15.0. The molecule has 21 heavy (non-hydrogen) atoms. The quantitative estimate of drug-likeness (QED) is 0.614. The predicted molar refractivity (Wildman–Crippen MR) is 79.7 cm³/mol. The molecular formula is C14H12N2O4S. The Bertz CT molecular complexity index is 652. The van der Waals surface area contributed by atoms with Gasteiger partial charge in [-0.1, -0.05) is 18.2 Å². The fourth-order valence-electron chi connectivity index (χ4n) is 1.65. The van der Waals surface area contributed by atoms with Crippen LogP contribution < -0.4 is 4.90 Å². The van der Waals surface area contributed by atoms with Gasteiger partial charge >= 0.3 is 5.97 Å². The first-order valence-corrected chi connectivity index (χ1v) is 6.81. The van der Waals surface area contributed by atoms with Gasteiger partial charge in [0.1, 0.15) is 0 Å². The van der Waals surface area contributed by atoms with Crippen LogP contribution in [0.25, 0.3) is 0 Å². The molecule has 0 aromatic heterocycles. The van der Waals surface area contributed by atoms with E-state index < -0.39 is 17.8 Å². The van der Waals surface area contributed by atoms with Crippen molar-refractivity contribution in [2.24, 2.45) is 4.99 Å². The molecule has 0 unspecified atom stereocenters. The topological polar surface area (TPSA) is 76.0 Å². The van der Waals surface area contributed by atoms with Gasteiger partial charge in [-0.15, -0.1) is 0 Å². The van der Waals surface area contributed by atoms with Crippen LogP contribution in [0.4, 0.5) is 5.69 Å². The van der Waals surface area contributed by atoms with Crippen molar-refractivity contribution < 1.29 is 19.1 Å². The molecule has 1 saturated heterocycles. The van der Waals surface area contributed by atoms with Gasteiger partial charge in [0.15, 0.2) is 5.17 Å². The molecule has 0 N–H and O–H groups in total. The van der Waals surface area contributed by atoms with Crippen LogP contribution in [-0.2, 0) is 19.1 Å². The third-order valence-electron chi connectivity index (χ3n) is 2.52. The Hall–Kier alpha value is -2.41. The van der Waals surface area contributed by atoms with Crippen LogP contribution in [0, 0.1) is 0 Å². The van der Waals surface area contributed by atoms with Gasteiger partial charge in [0.05, 0.1) is 17.7 Å². The second kappa shape index (κ2) is 6.36. The fraction of sp³-hybridized carbons (Fsp3) is 0.143. The minimum atomic E-state index is -0.636. The summed E-state index contributed by atoms with van der Waals surface area (Å²) in [4.78, 5) is 40.2. The normalized spacial score (nSPS) is 18.4. The molecule has 1 aliphatic heterocycles. The van der Waals surface area contributed by atoms with E-state index in [9.17, 15) is 14.4 Å². The lowest BCUT2D eigenvalue weighted by Crippen LogP contribution is -2.29. The van der Waals surface area contributed by atoms with E-state index in [0.29, 0.717) is 5.69 Å². The molecule has 1 fully saturated rings. The van der Waals surface area contributed by atoms with Gasteiger partial charge in [-0.05, 0) is 23.9 Å². The van der Waals surface area contributed by atoms with Crippen molar-refractivity contribution in [2.75, 3.05) is 12.0 Å². The van der Waals surface area contributed by atoms with Crippen LogP contribution in [0.1, 0.15) is 6.92 Å². The monoisotopic (exact) mass is 304 g/mol. The number of esters is 1. The number of amides is 2. The van der Waals surface area contributed by atoms with E-state index in [1.807, 2.05) is 6.07 Å². The SMILES string of the molecule is COC(=O)C=C1SC(=NC(C)=O)N(c2ccccc2)C1=O. The number of amidine groups is 1. The molecule has 0 spiro atoms. The van der Waals surface area contributed by atoms with E-state index in [2.05, 4.69) is 9.73 Å². The number of benzene rings is 1. The maximum Gasteiger partial charge on any atom is 0.331 e. The van der Waals surface area contributed by atoms with Crippen molar-refractivity contribution in [3.63, 3.8) is 0 Å². The minimum Gasteiger partial charge on any atom is -0.466 e. The lowest BCUT2D eigenvalue weighted by molar-refractivity contribution is -0.135. The smallest absolute Gasteiger partial charge is 0.331 e. The molecule has 1 aromatic rings. The Balaban J connectivity index is 2.45. The van der Waals surface area contributed by atoms with Crippen LogP contribution in [0.3, 0.4) is 0 Å². The van der Waals surface area contributed by atoms with Gasteiger partial charge in [-0.3, -0.25) is 14.5 Å². The zero-order valence-corrected chi connectivity index (χ0v) is 12.2. The molecule has 0 bridgehead atoms. The van der Waals surface area contributed by atoms with E-state index in [0.717, 1.165) is 17.8 Å². The van der Waals surface area contributed by atoms with Crippen LogP contribution in [0.5, 0.6) is 0 Å². The molecule has 2 amide bonds. The molecule has 7 heteroatoms. The van der Waals surface area contributed by atoms with Crippen molar-refractivity contribution in [3.8, 4) is 0 Å². The number of hydrogen-bond acceptors (Lipinski definition) is 5. The Morgan fingerprint density at radius 1 is 1.29 bits per heavy atom. The van der Waals surface area contributed by atoms with Gasteiger partial charge < -0.3 is 4.74 Å². The molecule has 0 saturated carbocycles. The average molecular weight is 304 g/mol. The Labute approximate surface area is 125 Å². The summed E-state index contributed by atoms with van der Waals surface area (Å²) in [5.41, 5.74) is 0.572. The Morgan fingerprint density at radius 3 is 2.52 bits per heavy atom. The lowest BCUT2D eigenvalue weighted by atomic mass is 10.3. The van der Waals surface area contributed by atoms with E-state index >= 15 is 0 Å². The molecule has 6 nitrogen and oxygen atoms in total. The molecule has 108 valence electrons. The summed E-state index contributed by atoms with van der Waals surface area (Å²) in [6, 6.07) is 8.77. The number of rotatable bonds is 2. The summed E-state index contributed by atoms with van der Waals surface area (Å²) in [6.07, 6.45) is 1.09. The predicted octanol–water partition coefficient (Wildman–Crippen LogP) is 1.73. The zero-order valence-electron chi connectivity index (χ0n) is 11.4. The summed E-state index contributed by atoms with van der Waals surface area (Å²) in [5.74, 6) is -1.48. The van der Waals surface area contributed by atoms with Gasteiger partial charge in [-0.2, -0.15) is 4.99 Å². The number of methoxy groups -OCH3 is 1. The molecule has 1 aromatic carbocycles. The Morgan fingerprint density at radius 2 is 1.95 bits per heavy atom. The van der Waals surface area contributed by atoms with Gasteiger partial charge in [-0.25, -0.2) is 4.79 Å². The maximum atomic E-state index is 12.4. The number of para-hydroxylation sites is 1. The molecule has 1 heterocycles. The number of nitrogens with zero attached hydrogens (tertiary/aromatic N) is 2. The highest BCUT2D eigenvalue weighted by Gasteiger charge is 2.35. The fourth-order valence-corrected chi connectivity index (χ4v) is 2.64. The number of carbonyl (C=O) groups excluding carboxylic acids is 3. The first-order valence-electron chi connectivity index (χ1n) is 5.99. The number of carbonyl (C=O) groups is 3. The van der Waals surface area contributed by atoms with Crippen LogP contribution in [0.15, 0.2) is 46.3 Å². The highest BCUT2D eigenvalue weighted by molar-refractivity contribution is 8.19. The van der Waals surface area contributed by atoms with E-state index in [-0.39, 0.29) is 10.1 Å². The number of ether oxygens (including phenoxy) is 1. The summed E-state index contributed by atoms with van der Waals surface area (Å²) >= 11 is 0.960. The van der Waals surface area contributed by atoms with E-state index in [1.165, 1.54) is 18.9 Å². The molecule has 2 rings (SSSR count). The van der Waals surface area contributed by atoms with Crippen molar-refractivity contribution >= 4 is 40.4 Å². The highest BCUT2D eigenvalue weighted by Crippen LogP contribution is 2.34. The van der Waals surface area contributed by atoms with Gasteiger partial charge in [0.25, 0.3) is 5.91 Å². The van der Waals surface area contributed by atoms with Crippen molar-refractivity contribution in [2.45, 2.75) is 6.92 Å². The third kappa shape index (κ3) is 3.38. The van der Waals surface area contributed by atoms with Gasteiger partial charge in [0.2, 0.25) is 5.91 Å². The standard InChI is InChI=1S/C14H12N2O4S/c1-9(17)15-14-16(10-6-4-3-5-7-10)13(19)11(21-14)8-12(18)20-2/h3-8H,1-2H3. The van der Waals surface area contributed by atoms with E-state index in [1.54, 1.807) is 24.3 Å².